The fourth-order valence-corrected chi connectivity index (χ4v) is 1.82. The van der Waals surface area contributed by atoms with E-state index in [1.165, 1.54) is 36.0 Å². The number of anilines is 1. The molecular formula is C11H15FN2OS. The fraction of sp³-hybridized carbons (Fsp3) is 0.364. The van der Waals surface area contributed by atoms with Gasteiger partial charge in [0, 0.05) is 17.5 Å². The van der Waals surface area contributed by atoms with Crippen molar-refractivity contribution >= 4 is 23.4 Å². The lowest BCUT2D eigenvalue weighted by molar-refractivity contribution is -0.113. The van der Waals surface area contributed by atoms with Crippen molar-refractivity contribution in [2.75, 3.05) is 16.8 Å². The Balaban J connectivity index is 2.31. The van der Waals surface area contributed by atoms with Crippen molar-refractivity contribution in [2.24, 2.45) is 5.73 Å². The van der Waals surface area contributed by atoms with Crippen molar-refractivity contribution in [2.45, 2.75) is 13.0 Å². The third-order valence-electron chi connectivity index (χ3n) is 1.74. The predicted octanol–water partition coefficient (Wildman–Crippen LogP) is 1.84. The summed E-state index contributed by atoms with van der Waals surface area (Å²) in [4.78, 5) is 11.4. The molecule has 1 atom stereocenters. The third-order valence-corrected chi connectivity index (χ3v) is 2.97. The minimum absolute atomic E-state index is 0.0867. The Bertz CT molecular complexity index is 340. The van der Waals surface area contributed by atoms with E-state index in [1.54, 1.807) is 0 Å². The number of carbonyl (C=O) groups excluding carboxylic acids is 1. The van der Waals surface area contributed by atoms with E-state index >= 15 is 0 Å². The summed E-state index contributed by atoms with van der Waals surface area (Å²) in [6, 6.07) is 5.77. The molecule has 88 valence electrons. The predicted molar refractivity (Wildman–Crippen MR) is 66.0 cm³/mol. The second kappa shape index (κ2) is 6.50. The van der Waals surface area contributed by atoms with Crippen LogP contribution in [0.25, 0.3) is 0 Å². The first-order valence-electron chi connectivity index (χ1n) is 4.96. The van der Waals surface area contributed by atoms with Crippen LogP contribution in [0.4, 0.5) is 10.1 Å². The first-order chi connectivity index (χ1) is 7.58. The van der Waals surface area contributed by atoms with Gasteiger partial charge in [0.1, 0.15) is 5.82 Å². The van der Waals surface area contributed by atoms with Gasteiger partial charge in [-0.3, -0.25) is 4.79 Å². The lowest BCUT2D eigenvalue weighted by Gasteiger charge is -2.06. The number of nitrogens with one attached hydrogen (secondary N) is 1. The molecule has 16 heavy (non-hydrogen) atoms. The van der Waals surface area contributed by atoms with Gasteiger partial charge >= 0.3 is 0 Å². The Kier molecular flexibility index (Phi) is 5.28. The van der Waals surface area contributed by atoms with Gasteiger partial charge in [-0.1, -0.05) is 0 Å². The Morgan fingerprint density at radius 1 is 1.50 bits per heavy atom. The van der Waals surface area contributed by atoms with Crippen molar-refractivity contribution in [3.8, 4) is 0 Å². The fourth-order valence-electron chi connectivity index (χ4n) is 1.07. The Labute approximate surface area is 98.6 Å². The molecule has 0 aliphatic heterocycles. The summed E-state index contributed by atoms with van der Waals surface area (Å²) in [7, 11) is 0. The zero-order valence-corrected chi connectivity index (χ0v) is 9.89. The molecule has 0 saturated carbocycles. The maximum atomic E-state index is 12.6. The molecule has 0 bridgehead atoms. The number of hydrogen-bond donors (Lipinski definition) is 2. The highest BCUT2D eigenvalue weighted by atomic mass is 32.2. The molecule has 1 unspecified atom stereocenters. The van der Waals surface area contributed by atoms with Crippen LogP contribution in [0, 0.1) is 5.82 Å². The third kappa shape index (κ3) is 5.14. The van der Waals surface area contributed by atoms with E-state index in [0.717, 1.165) is 5.75 Å². The lowest BCUT2D eigenvalue weighted by Crippen LogP contribution is -2.20. The summed E-state index contributed by atoms with van der Waals surface area (Å²) < 4.78 is 12.6. The number of hydrogen-bond acceptors (Lipinski definition) is 3. The first kappa shape index (κ1) is 13.0. The summed E-state index contributed by atoms with van der Waals surface area (Å²) in [6.07, 6.45) is 0. The number of amides is 1. The number of carbonyl (C=O) groups is 1. The van der Waals surface area contributed by atoms with Gasteiger partial charge in [0.25, 0.3) is 0 Å². The summed E-state index contributed by atoms with van der Waals surface area (Å²) in [6.45, 7) is 1.89. The molecule has 1 aromatic carbocycles. The lowest BCUT2D eigenvalue weighted by atomic mass is 10.3. The number of benzene rings is 1. The second-order valence-electron chi connectivity index (χ2n) is 3.55. The normalized spacial score (nSPS) is 12.2. The molecule has 0 aromatic heterocycles. The van der Waals surface area contributed by atoms with Crippen LogP contribution in [0.2, 0.25) is 0 Å². The van der Waals surface area contributed by atoms with E-state index in [4.69, 9.17) is 5.73 Å². The molecule has 1 amide bonds. The minimum Gasteiger partial charge on any atom is -0.327 e. The molecule has 1 rings (SSSR count). The Morgan fingerprint density at radius 2 is 2.12 bits per heavy atom. The van der Waals surface area contributed by atoms with Gasteiger partial charge in [0.15, 0.2) is 0 Å². The van der Waals surface area contributed by atoms with E-state index < -0.39 is 0 Å². The molecule has 0 heterocycles. The van der Waals surface area contributed by atoms with E-state index in [2.05, 4.69) is 5.32 Å². The molecule has 0 saturated heterocycles. The second-order valence-corrected chi connectivity index (χ2v) is 4.58. The maximum Gasteiger partial charge on any atom is 0.234 e. The average Bonchev–Trinajstić information content (AvgIpc) is 2.21. The van der Waals surface area contributed by atoms with Crippen LogP contribution in [0.15, 0.2) is 24.3 Å². The van der Waals surface area contributed by atoms with Gasteiger partial charge in [-0.25, -0.2) is 4.39 Å². The summed E-state index contributed by atoms with van der Waals surface area (Å²) in [5, 5.41) is 2.68. The van der Waals surface area contributed by atoms with Gasteiger partial charge in [-0.2, -0.15) is 11.8 Å². The van der Waals surface area contributed by atoms with Crippen molar-refractivity contribution in [1.82, 2.24) is 0 Å². The summed E-state index contributed by atoms with van der Waals surface area (Å²) in [5.41, 5.74) is 6.16. The summed E-state index contributed by atoms with van der Waals surface area (Å²) in [5.74, 6) is 0.692. The van der Waals surface area contributed by atoms with E-state index in [0.29, 0.717) is 11.4 Å². The minimum atomic E-state index is -0.315. The molecule has 0 fully saturated rings. The SMILES string of the molecule is CC(N)CSCC(=O)Nc1ccc(F)cc1. The quantitative estimate of drug-likeness (QED) is 0.828. The molecule has 3 N–H and O–H groups in total. The largest absolute Gasteiger partial charge is 0.327 e. The smallest absolute Gasteiger partial charge is 0.234 e. The van der Waals surface area contributed by atoms with Crippen molar-refractivity contribution < 1.29 is 9.18 Å². The van der Waals surface area contributed by atoms with Crippen LogP contribution in [0.5, 0.6) is 0 Å². The molecule has 0 aliphatic rings. The van der Waals surface area contributed by atoms with Crippen LogP contribution in [-0.2, 0) is 4.79 Å². The maximum absolute atomic E-state index is 12.6. The topological polar surface area (TPSA) is 55.1 Å². The molecule has 0 aliphatic carbocycles. The molecule has 0 radical (unpaired) electrons. The van der Waals surface area contributed by atoms with Crippen LogP contribution >= 0.6 is 11.8 Å². The average molecular weight is 242 g/mol. The molecule has 1 aromatic rings. The van der Waals surface area contributed by atoms with Crippen molar-refractivity contribution in [3.63, 3.8) is 0 Å². The van der Waals surface area contributed by atoms with Crippen LogP contribution < -0.4 is 11.1 Å². The van der Waals surface area contributed by atoms with Crippen molar-refractivity contribution in [3.05, 3.63) is 30.1 Å². The molecule has 5 heteroatoms. The Hall–Kier alpha value is -1.07. The van der Waals surface area contributed by atoms with Crippen LogP contribution in [0.3, 0.4) is 0 Å². The highest BCUT2D eigenvalue weighted by Crippen LogP contribution is 2.09. The van der Waals surface area contributed by atoms with Gasteiger partial charge < -0.3 is 11.1 Å². The number of thioether (sulfide) groups is 1. The standard InChI is InChI=1S/C11H15FN2OS/c1-8(13)6-16-7-11(15)14-10-4-2-9(12)3-5-10/h2-5,8H,6-7,13H2,1H3,(H,14,15). The monoisotopic (exact) mass is 242 g/mol. The highest BCUT2D eigenvalue weighted by Gasteiger charge is 2.03. The molecule has 3 nitrogen and oxygen atoms in total. The number of nitrogens with two attached hydrogens (primary N) is 1. The zero-order valence-electron chi connectivity index (χ0n) is 9.07. The Morgan fingerprint density at radius 3 is 2.69 bits per heavy atom. The number of halogens is 1. The van der Waals surface area contributed by atoms with E-state index in [-0.39, 0.29) is 17.8 Å². The number of rotatable bonds is 5. The van der Waals surface area contributed by atoms with E-state index in [9.17, 15) is 9.18 Å². The first-order valence-corrected chi connectivity index (χ1v) is 6.12. The van der Waals surface area contributed by atoms with Gasteiger partial charge in [-0.05, 0) is 31.2 Å². The zero-order chi connectivity index (χ0) is 12.0. The van der Waals surface area contributed by atoms with E-state index in [1.807, 2.05) is 6.92 Å². The molecule has 0 spiro atoms. The van der Waals surface area contributed by atoms with Gasteiger partial charge in [0.2, 0.25) is 5.91 Å². The molecular weight excluding hydrogens is 227 g/mol. The van der Waals surface area contributed by atoms with Crippen LogP contribution in [0.1, 0.15) is 6.92 Å². The summed E-state index contributed by atoms with van der Waals surface area (Å²) >= 11 is 1.48. The van der Waals surface area contributed by atoms with Crippen LogP contribution in [-0.4, -0.2) is 23.5 Å². The van der Waals surface area contributed by atoms with Crippen molar-refractivity contribution in [1.29, 1.82) is 0 Å². The highest BCUT2D eigenvalue weighted by molar-refractivity contribution is 8.00. The van der Waals surface area contributed by atoms with Gasteiger partial charge in [0.05, 0.1) is 5.75 Å². The van der Waals surface area contributed by atoms with Gasteiger partial charge in [-0.15, -0.1) is 0 Å².